The number of carbonyl (C=O) groups is 1. The van der Waals surface area contributed by atoms with Gasteiger partial charge in [0.05, 0.1) is 0 Å². The van der Waals surface area contributed by atoms with Crippen LogP contribution >= 0.6 is 0 Å². The van der Waals surface area contributed by atoms with Crippen molar-refractivity contribution in [1.82, 2.24) is 20.2 Å². The van der Waals surface area contributed by atoms with Crippen LogP contribution in [0.15, 0.2) is 125 Å². The van der Waals surface area contributed by atoms with E-state index in [1.54, 1.807) is 43.5 Å². The summed E-state index contributed by atoms with van der Waals surface area (Å²) >= 11 is 0. The molecule has 1 atom stereocenters. The number of rotatable bonds is 10. The van der Waals surface area contributed by atoms with Crippen LogP contribution in [0.3, 0.4) is 0 Å². The normalized spacial score (nSPS) is 12.8. The topological polar surface area (TPSA) is 96.0 Å². The first-order valence-electron chi connectivity index (χ1n) is 14.7. The van der Waals surface area contributed by atoms with Crippen molar-refractivity contribution in [2.45, 2.75) is 18.4 Å². The molecule has 0 aliphatic heterocycles. The standard InChI is InChI=1S/C37H36N4O3/c1-38-31(24-32(28-16-8-4-9-17-28)29-18-10-5-11-19-29)25-39-35(42)30-20-12-15-27(21-30)22-33-37(44)41(2)34(36(43)40-33)23-26-13-6-3-7-14-26/h3-23,31-32,38H,24-25H2,1-2H3,(H,39,42)(H,40,43)/b33-22-,34-23-. The molecule has 0 saturated carbocycles. The second-order valence-electron chi connectivity index (χ2n) is 10.7. The predicted octanol–water partition coefficient (Wildman–Crippen LogP) is 3.27. The fraction of sp³-hybridized carbons (Fsp3) is 0.162. The van der Waals surface area contributed by atoms with E-state index in [4.69, 9.17) is 0 Å². The van der Waals surface area contributed by atoms with Crippen LogP contribution in [0.1, 0.15) is 45.0 Å². The highest BCUT2D eigenvalue weighted by Gasteiger charge is 2.20. The number of likely N-dealkylation sites (N-methyl/N-ethyl adjacent to an activating group) is 1. The van der Waals surface area contributed by atoms with E-state index < -0.39 is 0 Å². The second kappa shape index (κ2) is 14.3. The summed E-state index contributed by atoms with van der Waals surface area (Å²) < 4.78 is 1.34. The van der Waals surface area contributed by atoms with Crippen molar-refractivity contribution >= 4 is 18.1 Å². The van der Waals surface area contributed by atoms with Gasteiger partial charge in [-0.25, -0.2) is 0 Å². The summed E-state index contributed by atoms with van der Waals surface area (Å²) in [6.45, 7) is 0.437. The number of carbonyl (C=O) groups excluding carboxylic acids is 1. The molecule has 5 rings (SSSR count). The molecule has 4 aromatic carbocycles. The number of aromatic nitrogens is 2. The minimum Gasteiger partial charge on any atom is -0.350 e. The van der Waals surface area contributed by atoms with E-state index in [1.165, 1.54) is 15.7 Å². The monoisotopic (exact) mass is 584 g/mol. The maximum atomic E-state index is 13.2. The van der Waals surface area contributed by atoms with Crippen LogP contribution in [0, 0.1) is 0 Å². The Morgan fingerprint density at radius 2 is 1.39 bits per heavy atom. The number of amides is 1. The summed E-state index contributed by atoms with van der Waals surface area (Å²) in [6, 6.07) is 37.2. The molecule has 0 bridgehead atoms. The summed E-state index contributed by atoms with van der Waals surface area (Å²) in [5.41, 5.74) is 3.64. The minimum absolute atomic E-state index is 0.0263. The molecule has 0 fully saturated rings. The van der Waals surface area contributed by atoms with Gasteiger partial charge in [-0.2, -0.15) is 0 Å². The number of hydrogen-bond acceptors (Lipinski definition) is 4. The maximum absolute atomic E-state index is 13.2. The van der Waals surface area contributed by atoms with Crippen LogP contribution in [0.5, 0.6) is 0 Å². The molecule has 1 amide bonds. The van der Waals surface area contributed by atoms with Gasteiger partial charge < -0.3 is 20.2 Å². The molecule has 0 saturated heterocycles. The Labute approximate surface area is 256 Å². The molecule has 7 nitrogen and oxygen atoms in total. The summed E-state index contributed by atoms with van der Waals surface area (Å²) in [5, 5.41) is 6.83. The summed E-state index contributed by atoms with van der Waals surface area (Å²) in [6.07, 6.45) is 4.07. The Morgan fingerprint density at radius 3 is 2.00 bits per heavy atom. The molecular formula is C37H36N4O3. The molecule has 3 N–H and O–H groups in total. The van der Waals surface area contributed by atoms with Gasteiger partial charge in [0.2, 0.25) is 0 Å². The van der Waals surface area contributed by atoms with E-state index in [1.807, 2.05) is 49.5 Å². The van der Waals surface area contributed by atoms with E-state index in [0.717, 1.165) is 12.0 Å². The highest BCUT2D eigenvalue weighted by atomic mass is 16.2. The van der Waals surface area contributed by atoms with Gasteiger partial charge >= 0.3 is 0 Å². The number of aromatic amines is 1. The molecule has 1 aromatic heterocycles. The first kappa shape index (κ1) is 30.2. The largest absolute Gasteiger partial charge is 0.350 e. The number of benzene rings is 4. The molecule has 5 aromatic rings. The molecule has 1 unspecified atom stereocenters. The van der Waals surface area contributed by atoms with Crippen molar-refractivity contribution in [2.75, 3.05) is 13.6 Å². The van der Waals surface area contributed by atoms with Crippen molar-refractivity contribution in [1.29, 1.82) is 0 Å². The van der Waals surface area contributed by atoms with Gasteiger partial charge in [-0.15, -0.1) is 0 Å². The molecule has 0 spiro atoms. The smallest absolute Gasteiger partial charge is 0.274 e. The fourth-order valence-corrected chi connectivity index (χ4v) is 5.33. The van der Waals surface area contributed by atoms with E-state index >= 15 is 0 Å². The summed E-state index contributed by atoms with van der Waals surface area (Å²) in [5.74, 6) is -0.0446. The van der Waals surface area contributed by atoms with Gasteiger partial charge in [0.25, 0.3) is 17.0 Å². The molecule has 1 heterocycles. The van der Waals surface area contributed by atoms with Crippen LogP contribution in [0.4, 0.5) is 0 Å². The molecular weight excluding hydrogens is 548 g/mol. The SMILES string of the molecule is CNC(CNC(=O)c1cccc(/C=c2\[nH]c(=O)/c(=C/c3ccccc3)n(C)c2=O)c1)CC(c1ccccc1)c1ccccc1. The minimum atomic E-state index is -0.376. The van der Waals surface area contributed by atoms with Gasteiger partial charge in [-0.1, -0.05) is 103 Å². The number of hydrogen-bond donors (Lipinski definition) is 3. The lowest BCUT2D eigenvalue weighted by Gasteiger charge is -2.25. The third-order valence-electron chi connectivity index (χ3n) is 7.78. The number of nitrogens with one attached hydrogen (secondary N) is 3. The number of nitrogens with zero attached hydrogens (tertiary/aromatic N) is 1. The molecule has 44 heavy (non-hydrogen) atoms. The lowest BCUT2D eigenvalue weighted by atomic mass is 9.86. The van der Waals surface area contributed by atoms with Gasteiger partial charge in [-0.3, -0.25) is 14.4 Å². The predicted molar refractivity (Wildman–Crippen MR) is 176 cm³/mol. The first-order chi connectivity index (χ1) is 21.4. The molecule has 0 aliphatic carbocycles. The van der Waals surface area contributed by atoms with E-state index in [9.17, 15) is 14.4 Å². The van der Waals surface area contributed by atoms with Crippen molar-refractivity contribution in [3.8, 4) is 0 Å². The maximum Gasteiger partial charge on any atom is 0.274 e. The number of H-pyrrole nitrogens is 1. The van der Waals surface area contributed by atoms with Gasteiger partial charge in [0, 0.05) is 31.1 Å². The molecule has 0 radical (unpaired) electrons. The highest BCUT2D eigenvalue weighted by molar-refractivity contribution is 5.94. The highest BCUT2D eigenvalue weighted by Crippen LogP contribution is 2.29. The van der Waals surface area contributed by atoms with Crippen LogP contribution < -0.4 is 32.5 Å². The Kier molecular flexibility index (Phi) is 9.79. The second-order valence-corrected chi connectivity index (χ2v) is 10.7. The zero-order valence-electron chi connectivity index (χ0n) is 24.9. The van der Waals surface area contributed by atoms with Crippen molar-refractivity contribution in [2.24, 2.45) is 7.05 Å². The molecule has 222 valence electrons. The lowest BCUT2D eigenvalue weighted by Crippen LogP contribution is -2.52. The van der Waals surface area contributed by atoms with Crippen LogP contribution in [-0.4, -0.2) is 35.1 Å². The van der Waals surface area contributed by atoms with Crippen molar-refractivity contribution in [3.63, 3.8) is 0 Å². The van der Waals surface area contributed by atoms with Gasteiger partial charge in [0.15, 0.2) is 0 Å². The fourth-order valence-electron chi connectivity index (χ4n) is 5.33. The Bertz CT molecular complexity index is 1910. The van der Waals surface area contributed by atoms with Crippen LogP contribution in [-0.2, 0) is 7.05 Å². The molecule has 0 aliphatic rings. The zero-order chi connectivity index (χ0) is 30.9. The van der Waals surface area contributed by atoms with E-state index in [0.29, 0.717) is 17.7 Å². The lowest BCUT2D eigenvalue weighted by molar-refractivity contribution is 0.0949. The van der Waals surface area contributed by atoms with Crippen molar-refractivity contribution < 1.29 is 4.79 Å². The van der Waals surface area contributed by atoms with E-state index in [2.05, 4.69) is 64.1 Å². The zero-order valence-corrected chi connectivity index (χ0v) is 24.9. The Hall–Kier alpha value is -5.27. The Morgan fingerprint density at radius 1 is 0.795 bits per heavy atom. The van der Waals surface area contributed by atoms with Gasteiger partial charge in [0.1, 0.15) is 10.7 Å². The van der Waals surface area contributed by atoms with Crippen molar-refractivity contribution in [3.05, 3.63) is 174 Å². The summed E-state index contributed by atoms with van der Waals surface area (Å²) in [4.78, 5) is 41.9. The van der Waals surface area contributed by atoms with Gasteiger partial charge in [-0.05, 0) is 60.0 Å². The van der Waals surface area contributed by atoms with E-state index in [-0.39, 0.29) is 39.7 Å². The quantitative estimate of drug-likeness (QED) is 0.235. The van der Waals surface area contributed by atoms with Crippen LogP contribution in [0.25, 0.3) is 12.2 Å². The average molecular weight is 585 g/mol. The Balaban J connectivity index is 1.33. The summed E-state index contributed by atoms with van der Waals surface area (Å²) in [7, 11) is 3.48. The molecule has 7 heteroatoms. The first-order valence-corrected chi connectivity index (χ1v) is 14.7. The third kappa shape index (κ3) is 7.38. The average Bonchev–Trinajstić information content (AvgIpc) is 3.07. The van der Waals surface area contributed by atoms with Crippen LogP contribution in [0.2, 0.25) is 0 Å². The third-order valence-corrected chi connectivity index (χ3v) is 7.78.